The summed E-state index contributed by atoms with van der Waals surface area (Å²) in [6, 6.07) is 18.5. The summed E-state index contributed by atoms with van der Waals surface area (Å²) in [6.45, 7) is 1.95. The van der Waals surface area contributed by atoms with Crippen molar-refractivity contribution < 1.29 is 9.53 Å². The summed E-state index contributed by atoms with van der Waals surface area (Å²) in [5.74, 6) is 0.809. The number of piperidine rings is 1. The molecule has 0 radical (unpaired) electrons. The van der Waals surface area contributed by atoms with Gasteiger partial charge in [-0.3, -0.25) is 4.79 Å². The first kappa shape index (κ1) is 18.5. The van der Waals surface area contributed by atoms with Gasteiger partial charge in [0.25, 0.3) is 0 Å². The highest BCUT2D eigenvalue weighted by Crippen LogP contribution is 2.25. The standard InChI is InChI=1S/C22H28N2O2/c1-26-20-10-8-18(9-11-20)21(12-7-17-5-3-2-4-6-17)22(25)24-19-13-15-23-16-14-19/h2-6,8-11,19,21,23H,7,12-16H2,1H3,(H,24,25). The van der Waals surface area contributed by atoms with Gasteiger partial charge >= 0.3 is 0 Å². The first-order valence-corrected chi connectivity index (χ1v) is 9.45. The Morgan fingerprint density at radius 2 is 1.81 bits per heavy atom. The molecule has 1 saturated heterocycles. The molecule has 138 valence electrons. The maximum absolute atomic E-state index is 13.0. The van der Waals surface area contributed by atoms with Crippen LogP contribution in [-0.2, 0) is 11.2 Å². The zero-order valence-corrected chi connectivity index (χ0v) is 15.4. The molecule has 2 aromatic carbocycles. The van der Waals surface area contributed by atoms with Gasteiger partial charge in [-0.05, 0) is 62.0 Å². The Morgan fingerprint density at radius 3 is 2.46 bits per heavy atom. The zero-order chi connectivity index (χ0) is 18.2. The number of nitrogens with one attached hydrogen (secondary N) is 2. The van der Waals surface area contributed by atoms with Crippen LogP contribution in [0.3, 0.4) is 0 Å². The monoisotopic (exact) mass is 352 g/mol. The van der Waals surface area contributed by atoms with Gasteiger partial charge in [-0.1, -0.05) is 42.5 Å². The zero-order valence-electron chi connectivity index (χ0n) is 15.4. The highest BCUT2D eigenvalue weighted by Gasteiger charge is 2.24. The van der Waals surface area contributed by atoms with E-state index in [4.69, 9.17) is 4.74 Å². The molecule has 1 atom stereocenters. The van der Waals surface area contributed by atoms with E-state index in [0.29, 0.717) is 0 Å². The molecule has 3 rings (SSSR count). The van der Waals surface area contributed by atoms with Crippen molar-refractivity contribution in [1.82, 2.24) is 10.6 Å². The lowest BCUT2D eigenvalue weighted by atomic mass is 9.90. The van der Waals surface area contributed by atoms with Crippen LogP contribution in [0, 0.1) is 0 Å². The summed E-state index contributed by atoms with van der Waals surface area (Å²) >= 11 is 0. The number of hydrogen-bond acceptors (Lipinski definition) is 3. The number of methoxy groups -OCH3 is 1. The Morgan fingerprint density at radius 1 is 1.12 bits per heavy atom. The fraction of sp³-hybridized carbons (Fsp3) is 0.409. The van der Waals surface area contributed by atoms with E-state index in [2.05, 4.69) is 22.8 Å². The van der Waals surface area contributed by atoms with Crippen molar-refractivity contribution in [1.29, 1.82) is 0 Å². The first-order valence-electron chi connectivity index (χ1n) is 9.45. The minimum Gasteiger partial charge on any atom is -0.497 e. The van der Waals surface area contributed by atoms with Gasteiger partial charge in [-0.2, -0.15) is 0 Å². The molecule has 1 amide bonds. The third kappa shape index (κ3) is 5.09. The van der Waals surface area contributed by atoms with Gasteiger partial charge in [0, 0.05) is 6.04 Å². The third-order valence-corrected chi connectivity index (χ3v) is 5.08. The van der Waals surface area contributed by atoms with E-state index in [1.807, 2.05) is 42.5 Å². The Kier molecular flexibility index (Phi) is 6.67. The molecule has 0 aromatic heterocycles. The number of amides is 1. The summed E-state index contributed by atoms with van der Waals surface area (Å²) in [7, 11) is 1.66. The van der Waals surface area contributed by atoms with Crippen LogP contribution < -0.4 is 15.4 Å². The Bertz CT molecular complexity index is 679. The molecule has 1 aliphatic rings. The molecular formula is C22H28N2O2. The van der Waals surface area contributed by atoms with Crippen molar-refractivity contribution in [2.45, 2.75) is 37.6 Å². The molecule has 2 N–H and O–H groups in total. The summed E-state index contributed by atoms with van der Waals surface area (Å²) in [5, 5.41) is 6.62. The van der Waals surface area contributed by atoms with Crippen molar-refractivity contribution in [3.05, 3.63) is 65.7 Å². The molecule has 26 heavy (non-hydrogen) atoms. The van der Waals surface area contributed by atoms with E-state index in [1.54, 1.807) is 7.11 Å². The second kappa shape index (κ2) is 9.39. The van der Waals surface area contributed by atoms with Crippen LogP contribution in [-0.4, -0.2) is 32.1 Å². The van der Waals surface area contributed by atoms with Crippen molar-refractivity contribution in [3.8, 4) is 5.75 Å². The normalized spacial score (nSPS) is 16.0. The molecule has 0 aliphatic carbocycles. The molecule has 1 fully saturated rings. The van der Waals surface area contributed by atoms with Crippen molar-refractivity contribution in [2.75, 3.05) is 20.2 Å². The van der Waals surface area contributed by atoms with Gasteiger partial charge in [0.1, 0.15) is 5.75 Å². The van der Waals surface area contributed by atoms with Crippen LogP contribution in [0.5, 0.6) is 5.75 Å². The van der Waals surface area contributed by atoms with Crippen LogP contribution in [0.4, 0.5) is 0 Å². The van der Waals surface area contributed by atoms with Crippen LogP contribution in [0.1, 0.15) is 36.3 Å². The highest BCUT2D eigenvalue weighted by molar-refractivity contribution is 5.84. The van der Waals surface area contributed by atoms with Crippen LogP contribution in [0.25, 0.3) is 0 Å². The van der Waals surface area contributed by atoms with Gasteiger partial charge in [0.05, 0.1) is 13.0 Å². The fourth-order valence-corrected chi connectivity index (χ4v) is 3.51. The SMILES string of the molecule is COc1ccc(C(CCc2ccccc2)C(=O)NC2CCNCC2)cc1. The van der Waals surface area contributed by atoms with Crippen LogP contribution in [0.15, 0.2) is 54.6 Å². The Hall–Kier alpha value is -2.33. The number of benzene rings is 2. The molecule has 4 nitrogen and oxygen atoms in total. The van der Waals surface area contributed by atoms with Crippen molar-refractivity contribution >= 4 is 5.91 Å². The summed E-state index contributed by atoms with van der Waals surface area (Å²) in [6.07, 6.45) is 3.68. The molecule has 0 spiro atoms. The number of hydrogen-bond donors (Lipinski definition) is 2. The van der Waals surface area contributed by atoms with Gasteiger partial charge in [0.2, 0.25) is 5.91 Å². The molecule has 4 heteroatoms. The van der Waals surface area contributed by atoms with E-state index in [0.717, 1.165) is 50.1 Å². The smallest absolute Gasteiger partial charge is 0.227 e. The third-order valence-electron chi connectivity index (χ3n) is 5.08. The summed E-state index contributed by atoms with van der Waals surface area (Å²) in [4.78, 5) is 13.0. The van der Waals surface area contributed by atoms with Gasteiger partial charge in [-0.25, -0.2) is 0 Å². The largest absolute Gasteiger partial charge is 0.497 e. The Balaban J connectivity index is 1.71. The Labute approximate surface area is 156 Å². The van der Waals surface area contributed by atoms with Crippen LogP contribution >= 0.6 is 0 Å². The van der Waals surface area contributed by atoms with Crippen molar-refractivity contribution in [2.24, 2.45) is 0 Å². The summed E-state index contributed by atoms with van der Waals surface area (Å²) < 4.78 is 5.25. The summed E-state index contributed by atoms with van der Waals surface area (Å²) in [5.41, 5.74) is 2.31. The van der Waals surface area contributed by atoms with Crippen LogP contribution in [0.2, 0.25) is 0 Å². The van der Waals surface area contributed by atoms with E-state index >= 15 is 0 Å². The lowest BCUT2D eigenvalue weighted by Crippen LogP contribution is -2.44. The number of carbonyl (C=O) groups excluding carboxylic acids is 1. The van der Waals surface area contributed by atoms with E-state index < -0.39 is 0 Å². The number of carbonyl (C=O) groups is 1. The van der Waals surface area contributed by atoms with E-state index in [9.17, 15) is 4.79 Å². The molecule has 1 unspecified atom stereocenters. The molecule has 1 aliphatic heterocycles. The highest BCUT2D eigenvalue weighted by atomic mass is 16.5. The predicted octanol–water partition coefficient (Wildman–Crippen LogP) is 3.28. The first-order chi connectivity index (χ1) is 12.8. The maximum Gasteiger partial charge on any atom is 0.227 e. The predicted molar refractivity (Wildman–Crippen MR) is 105 cm³/mol. The number of rotatable bonds is 7. The lowest BCUT2D eigenvalue weighted by molar-refractivity contribution is -0.123. The van der Waals surface area contributed by atoms with E-state index in [1.165, 1.54) is 5.56 Å². The minimum absolute atomic E-state index is 0.137. The van der Waals surface area contributed by atoms with Gasteiger partial charge in [-0.15, -0.1) is 0 Å². The molecule has 0 saturated carbocycles. The minimum atomic E-state index is -0.143. The van der Waals surface area contributed by atoms with Gasteiger partial charge < -0.3 is 15.4 Å². The molecule has 1 heterocycles. The fourth-order valence-electron chi connectivity index (χ4n) is 3.51. The molecule has 0 bridgehead atoms. The van der Waals surface area contributed by atoms with Gasteiger partial charge in [0.15, 0.2) is 0 Å². The van der Waals surface area contributed by atoms with E-state index in [-0.39, 0.29) is 17.9 Å². The second-order valence-electron chi connectivity index (χ2n) is 6.88. The molecular weight excluding hydrogens is 324 g/mol. The average Bonchev–Trinajstić information content (AvgIpc) is 2.70. The average molecular weight is 352 g/mol. The topological polar surface area (TPSA) is 50.4 Å². The van der Waals surface area contributed by atoms with Crippen molar-refractivity contribution in [3.63, 3.8) is 0 Å². The lowest BCUT2D eigenvalue weighted by Gasteiger charge is -2.26. The number of ether oxygens (including phenoxy) is 1. The second-order valence-corrected chi connectivity index (χ2v) is 6.88. The molecule has 2 aromatic rings. The quantitative estimate of drug-likeness (QED) is 0.804. The number of aryl methyl sites for hydroxylation is 1. The maximum atomic E-state index is 13.0.